The van der Waals surface area contributed by atoms with Crippen molar-refractivity contribution in [2.75, 3.05) is 6.54 Å². The molecule has 0 saturated carbocycles. The van der Waals surface area contributed by atoms with Crippen LogP contribution in [0.15, 0.2) is 18.2 Å². The first kappa shape index (κ1) is 12.4. The molecule has 0 bridgehead atoms. The van der Waals surface area contributed by atoms with Crippen molar-refractivity contribution >= 4 is 11.6 Å². The fraction of sp³-hybridized carbons (Fsp3) is 0.455. The molecule has 15 heavy (non-hydrogen) atoms. The van der Waals surface area contributed by atoms with E-state index < -0.39 is 5.60 Å². The van der Waals surface area contributed by atoms with Gasteiger partial charge in [0.2, 0.25) is 0 Å². The molecular weight excluding hydrogens is 217 g/mol. The zero-order valence-corrected chi connectivity index (χ0v) is 9.39. The molecular formula is C11H15ClFNO. The maximum Gasteiger partial charge on any atom is 0.124 e. The van der Waals surface area contributed by atoms with Crippen LogP contribution in [0.1, 0.15) is 18.9 Å². The maximum atomic E-state index is 12.8. The predicted octanol–water partition coefficient (Wildman–Crippen LogP) is 2.12. The number of hydrogen-bond donors (Lipinski definition) is 2. The minimum atomic E-state index is -0.957. The summed E-state index contributed by atoms with van der Waals surface area (Å²) >= 11 is 5.86. The number of aliphatic hydroxyl groups is 1. The highest BCUT2D eigenvalue weighted by Gasteiger charge is 2.24. The Balaban J connectivity index is 2.89. The lowest BCUT2D eigenvalue weighted by atomic mass is 9.92. The van der Waals surface area contributed by atoms with Gasteiger partial charge in [-0.05, 0) is 24.1 Å². The second-order valence-electron chi connectivity index (χ2n) is 3.69. The largest absolute Gasteiger partial charge is 0.388 e. The Morgan fingerprint density at radius 1 is 1.53 bits per heavy atom. The highest BCUT2D eigenvalue weighted by atomic mass is 35.5. The Kier molecular flexibility index (Phi) is 4.08. The molecule has 2 nitrogen and oxygen atoms in total. The molecule has 1 rings (SSSR count). The molecule has 0 heterocycles. The Labute approximate surface area is 93.9 Å². The number of benzene rings is 1. The summed E-state index contributed by atoms with van der Waals surface area (Å²) in [7, 11) is 0. The van der Waals surface area contributed by atoms with Crippen LogP contribution in [0, 0.1) is 5.82 Å². The molecule has 3 N–H and O–H groups in total. The van der Waals surface area contributed by atoms with Gasteiger partial charge in [0.15, 0.2) is 0 Å². The van der Waals surface area contributed by atoms with Gasteiger partial charge in [0.05, 0.1) is 5.60 Å². The molecule has 1 aromatic carbocycles. The number of halogens is 2. The number of hydrogen-bond acceptors (Lipinski definition) is 2. The molecule has 0 fully saturated rings. The molecule has 1 unspecified atom stereocenters. The molecule has 0 aliphatic carbocycles. The summed E-state index contributed by atoms with van der Waals surface area (Å²) in [5, 5.41) is 10.3. The van der Waals surface area contributed by atoms with Crippen LogP contribution in [0.25, 0.3) is 0 Å². The molecule has 1 atom stereocenters. The lowest BCUT2D eigenvalue weighted by Gasteiger charge is -2.25. The monoisotopic (exact) mass is 231 g/mol. The quantitative estimate of drug-likeness (QED) is 0.834. The second-order valence-corrected chi connectivity index (χ2v) is 4.10. The average Bonchev–Trinajstić information content (AvgIpc) is 2.22. The van der Waals surface area contributed by atoms with Crippen molar-refractivity contribution in [3.63, 3.8) is 0 Å². The van der Waals surface area contributed by atoms with E-state index in [2.05, 4.69) is 0 Å². The Bertz CT molecular complexity index is 339. The third kappa shape index (κ3) is 3.16. The van der Waals surface area contributed by atoms with Crippen molar-refractivity contribution in [3.05, 3.63) is 34.6 Å². The van der Waals surface area contributed by atoms with Gasteiger partial charge >= 0.3 is 0 Å². The van der Waals surface area contributed by atoms with Crippen LogP contribution < -0.4 is 5.73 Å². The van der Waals surface area contributed by atoms with E-state index in [1.165, 1.54) is 12.1 Å². The topological polar surface area (TPSA) is 46.2 Å². The van der Waals surface area contributed by atoms with Crippen LogP contribution in [0.2, 0.25) is 5.02 Å². The molecule has 4 heteroatoms. The van der Waals surface area contributed by atoms with Crippen LogP contribution in [0.5, 0.6) is 0 Å². The van der Waals surface area contributed by atoms with E-state index >= 15 is 0 Å². The van der Waals surface area contributed by atoms with Gasteiger partial charge in [0, 0.05) is 18.0 Å². The van der Waals surface area contributed by atoms with E-state index in [0.717, 1.165) is 0 Å². The minimum absolute atomic E-state index is 0.164. The van der Waals surface area contributed by atoms with Gasteiger partial charge in [0.1, 0.15) is 5.82 Å². The SMILES string of the molecule is CCC(O)(CN)Cc1ccc(F)cc1Cl. The third-order valence-electron chi connectivity index (χ3n) is 2.57. The first-order chi connectivity index (χ1) is 7.00. The Morgan fingerprint density at radius 3 is 2.67 bits per heavy atom. The first-order valence-electron chi connectivity index (χ1n) is 4.87. The van der Waals surface area contributed by atoms with Crippen LogP contribution in [0.4, 0.5) is 4.39 Å². The van der Waals surface area contributed by atoms with Gasteiger partial charge in [-0.1, -0.05) is 24.6 Å². The number of rotatable bonds is 4. The minimum Gasteiger partial charge on any atom is -0.388 e. The normalized spacial score (nSPS) is 15.0. The smallest absolute Gasteiger partial charge is 0.124 e. The first-order valence-corrected chi connectivity index (χ1v) is 5.25. The third-order valence-corrected chi connectivity index (χ3v) is 2.92. The summed E-state index contributed by atoms with van der Waals surface area (Å²) in [6.45, 7) is 2.02. The van der Waals surface area contributed by atoms with Gasteiger partial charge in [0.25, 0.3) is 0 Å². The predicted molar refractivity (Wildman–Crippen MR) is 59.4 cm³/mol. The van der Waals surface area contributed by atoms with Gasteiger partial charge in [-0.3, -0.25) is 0 Å². The van der Waals surface area contributed by atoms with Gasteiger partial charge < -0.3 is 10.8 Å². The van der Waals surface area contributed by atoms with E-state index in [4.69, 9.17) is 17.3 Å². The summed E-state index contributed by atoms with van der Waals surface area (Å²) in [5.74, 6) is -0.378. The van der Waals surface area contributed by atoms with Crippen molar-refractivity contribution < 1.29 is 9.50 Å². The maximum absolute atomic E-state index is 12.8. The molecule has 0 aromatic heterocycles. The zero-order valence-electron chi connectivity index (χ0n) is 8.63. The van der Waals surface area contributed by atoms with E-state index in [1.54, 1.807) is 6.07 Å². The molecule has 0 radical (unpaired) electrons. The van der Waals surface area contributed by atoms with Crippen molar-refractivity contribution in [2.24, 2.45) is 5.73 Å². The van der Waals surface area contributed by atoms with Crippen molar-refractivity contribution in [2.45, 2.75) is 25.4 Å². The fourth-order valence-electron chi connectivity index (χ4n) is 1.36. The van der Waals surface area contributed by atoms with E-state index in [9.17, 15) is 9.50 Å². The van der Waals surface area contributed by atoms with E-state index in [0.29, 0.717) is 23.4 Å². The second kappa shape index (κ2) is 4.92. The molecule has 0 aliphatic heterocycles. The summed E-state index contributed by atoms with van der Waals surface area (Å²) in [4.78, 5) is 0. The van der Waals surface area contributed by atoms with Crippen LogP contribution in [-0.2, 0) is 6.42 Å². The molecule has 0 amide bonds. The highest BCUT2D eigenvalue weighted by Crippen LogP contribution is 2.23. The van der Waals surface area contributed by atoms with Gasteiger partial charge in [-0.25, -0.2) is 4.39 Å². The molecule has 0 saturated heterocycles. The molecule has 84 valence electrons. The van der Waals surface area contributed by atoms with Crippen molar-refractivity contribution in [1.82, 2.24) is 0 Å². The molecule has 0 spiro atoms. The Morgan fingerprint density at radius 2 is 2.20 bits per heavy atom. The Hall–Kier alpha value is -0.640. The van der Waals surface area contributed by atoms with Crippen LogP contribution in [0.3, 0.4) is 0 Å². The van der Waals surface area contributed by atoms with Gasteiger partial charge in [-0.15, -0.1) is 0 Å². The van der Waals surface area contributed by atoms with Gasteiger partial charge in [-0.2, -0.15) is 0 Å². The fourth-order valence-corrected chi connectivity index (χ4v) is 1.60. The number of nitrogens with two attached hydrogens (primary N) is 1. The highest BCUT2D eigenvalue weighted by molar-refractivity contribution is 6.31. The summed E-state index contributed by atoms with van der Waals surface area (Å²) < 4.78 is 12.8. The van der Waals surface area contributed by atoms with Crippen molar-refractivity contribution in [1.29, 1.82) is 0 Å². The van der Waals surface area contributed by atoms with Crippen LogP contribution >= 0.6 is 11.6 Å². The van der Waals surface area contributed by atoms with E-state index in [1.807, 2.05) is 6.92 Å². The zero-order chi connectivity index (χ0) is 11.5. The summed E-state index contributed by atoms with van der Waals surface area (Å²) in [5.41, 5.74) is 5.24. The molecule has 1 aromatic rings. The lowest BCUT2D eigenvalue weighted by Crippen LogP contribution is -2.39. The summed E-state index contributed by atoms with van der Waals surface area (Å²) in [6.07, 6.45) is 0.885. The van der Waals surface area contributed by atoms with Crippen LogP contribution in [-0.4, -0.2) is 17.3 Å². The molecule has 0 aliphatic rings. The van der Waals surface area contributed by atoms with E-state index in [-0.39, 0.29) is 12.4 Å². The lowest BCUT2D eigenvalue weighted by molar-refractivity contribution is 0.0456. The standard InChI is InChI=1S/C11H15ClFNO/c1-2-11(15,7-14)6-8-3-4-9(13)5-10(8)12/h3-5,15H,2,6-7,14H2,1H3. The summed E-state index contributed by atoms with van der Waals surface area (Å²) in [6, 6.07) is 4.14. The average molecular weight is 232 g/mol. The van der Waals surface area contributed by atoms with Crippen molar-refractivity contribution in [3.8, 4) is 0 Å².